The van der Waals surface area contributed by atoms with Crippen LogP contribution in [-0.2, 0) is 27.2 Å². The predicted molar refractivity (Wildman–Crippen MR) is 178 cm³/mol. The second-order valence-corrected chi connectivity index (χ2v) is 13.6. The number of carbonyl (C=O) groups excluding carboxylic acids is 3. The Morgan fingerprint density at radius 1 is 0.936 bits per heavy atom. The van der Waals surface area contributed by atoms with Crippen molar-refractivity contribution < 1.29 is 29.3 Å². The van der Waals surface area contributed by atoms with Crippen LogP contribution in [0.3, 0.4) is 0 Å². The van der Waals surface area contributed by atoms with Gasteiger partial charge in [-0.2, -0.15) is 0 Å². The molecule has 2 aliphatic rings. The first-order chi connectivity index (χ1) is 22.6. The van der Waals surface area contributed by atoms with Crippen molar-refractivity contribution in [3.05, 3.63) is 48.0 Å². The van der Waals surface area contributed by atoms with E-state index in [-0.39, 0.29) is 30.7 Å². The molecule has 6 atom stereocenters. The number of H-pyrrole nitrogens is 1. The average molecular weight is 655 g/mol. The molecular weight excluding hydrogens is 600 g/mol. The Morgan fingerprint density at radius 2 is 1.64 bits per heavy atom. The van der Waals surface area contributed by atoms with Crippen molar-refractivity contribution in [1.29, 1.82) is 0 Å². The maximum absolute atomic E-state index is 14.0. The van der Waals surface area contributed by atoms with Crippen LogP contribution in [0.25, 0.3) is 0 Å². The summed E-state index contributed by atoms with van der Waals surface area (Å²) in [5.41, 5.74) is 1.38. The van der Waals surface area contributed by atoms with E-state index in [1.165, 1.54) is 12.7 Å². The maximum atomic E-state index is 14.0. The van der Waals surface area contributed by atoms with E-state index in [1.54, 1.807) is 25.4 Å². The Hall–Kier alpha value is -3.48. The number of carbonyl (C=O) groups is 3. The molecule has 1 unspecified atom stereocenters. The highest BCUT2D eigenvalue weighted by molar-refractivity contribution is 5.93. The Kier molecular flexibility index (Phi) is 14.1. The van der Waals surface area contributed by atoms with Crippen LogP contribution in [-0.4, -0.2) is 87.9 Å². The van der Waals surface area contributed by atoms with Crippen LogP contribution in [0.4, 0.5) is 0 Å². The van der Waals surface area contributed by atoms with Crippen LogP contribution >= 0.6 is 0 Å². The van der Waals surface area contributed by atoms with Gasteiger partial charge >= 0.3 is 0 Å². The second kappa shape index (κ2) is 18.2. The van der Waals surface area contributed by atoms with Crippen LogP contribution in [0, 0.1) is 11.8 Å². The summed E-state index contributed by atoms with van der Waals surface area (Å²) in [4.78, 5) is 48.3. The molecule has 1 aliphatic carbocycles. The number of hydrogen-bond acceptors (Lipinski definition) is 8. The molecule has 1 saturated carbocycles. The molecule has 1 saturated heterocycles. The van der Waals surface area contributed by atoms with Gasteiger partial charge in [0.15, 0.2) is 0 Å². The molecule has 12 heteroatoms. The lowest BCUT2D eigenvalue weighted by molar-refractivity contribution is -0.133. The topological polar surface area (TPSA) is 178 Å². The van der Waals surface area contributed by atoms with Gasteiger partial charge in [0.25, 0.3) is 0 Å². The number of aromatic amines is 1. The Morgan fingerprint density at radius 3 is 2.26 bits per heavy atom. The number of amides is 3. The molecule has 4 rings (SSSR count). The van der Waals surface area contributed by atoms with Gasteiger partial charge in [-0.3, -0.25) is 14.4 Å². The molecule has 0 bridgehead atoms. The van der Waals surface area contributed by atoms with Gasteiger partial charge in [-0.05, 0) is 61.8 Å². The van der Waals surface area contributed by atoms with Gasteiger partial charge < -0.3 is 41.2 Å². The Labute approximate surface area is 278 Å². The van der Waals surface area contributed by atoms with E-state index in [2.05, 4.69) is 31.2 Å². The molecule has 2 heterocycles. The highest BCUT2D eigenvalue weighted by atomic mass is 16.5. The molecule has 1 aromatic carbocycles. The summed E-state index contributed by atoms with van der Waals surface area (Å²) in [7, 11) is 1.58. The van der Waals surface area contributed by atoms with Gasteiger partial charge in [0.1, 0.15) is 23.9 Å². The van der Waals surface area contributed by atoms with Crippen LogP contribution in [0.2, 0.25) is 0 Å². The highest BCUT2D eigenvalue weighted by Gasteiger charge is 2.35. The second-order valence-electron chi connectivity index (χ2n) is 13.6. The average Bonchev–Trinajstić information content (AvgIpc) is 3.79. The SMILES string of the molecule is COc1ccc(CC(NC(=O)[C@@H]2CCCN2)C(=O)N[C@@H](Cc2c[nH]cn2)C(=O)N[C@@H](CC2CCCCC2)[C@@H](O)[C@@H](O)CC(C)C)cc1. The number of rotatable bonds is 17. The zero-order valence-corrected chi connectivity index (χ0v) is 28.0. The van der Waals surface area contributed by atoms with Crippen molar-refractivity contribution in [2.75, 3.05) is 13.7 Å². The van der Waals surface area contributed by atoms with Crippen molar-refractivity contribution in [2.45, 2.75) is 121 Å². The third-order valence-corrected chi connectivity index (χ3v) is 9.37. The van der Waals surface area contributed by atoms with E-state index in [1.807, 2.05) is 26.0 Å². The lowest BCUT2D eigenvalue weighted by atomic mass is 9.82. The van der Waals surface area contributed by atoms with Gasteiger partial charge in [0, 0.05) is 19.0 Å². The van der Waals surface area contributed by atoms with Crippen LogP contribution in [0.15, 0.2) is 36.8 Å². The normalized spacial score (nSPS) is 20.2. The molecule has 12 nitrogen and oxygen atoms in total. The Balaban J connectivity index is 1.54. The quantitative estimate of drug-likeness (QED) is 0.136. The number of nitrogens with one attached hydrogen (secondary N) is 5. The summed E-state index contributed by atoms with van der Waals surface area (Å²) in [5, 5.41) is 34.2. The number of ether oxygens (including phenoxy) is 1. The minimum Gasteiger partial charge on any atom is -0.497 e. The van der Waals surface area contributed by atoms with Crippen LogP contribution < -0.4 is 26.0 Å². The van der Waals surface area contributed by atoms with Crippen molar-refractivity contribution in [3.8, 4) is 5.75 Å². The van der Waals surface area contributed by atoms with Crippen molar-refractivity contribution in [3.63, 3.8) is 0 Å². The fourth-order valence-corrected chi connectivity index (χ4v) is 6.72. The molecule has 0 radical (unpaired) electrons. The van der Waals surface area contributed by atoms with Crippen molar-refractivity contribution >= 4 is 17.7 Å². The molecule has 47 heavy (non-hydrogen) atoms. The first kappa shape index (κ1) is 36.4. The van der Waals surface area contributed by atoms with Gasteiger partial charge in [-0.15, -0.1) is 0 Å². The number of aliphatic hydroxyl groups excluding tert-OH is 2. The number of benzene rings is 1. The Bertz CT molecular complexity index is 1240. The van der Waals surface area contributed by atoms with Gasteiger partial charge in [0.2, 0.25) is 17.7 Å². The zero-order chi connectivity index (χ0) is 33.8. The number of aromatic nitrogens is 2. The summed E-state index contributed by atoms with van der Waals surface area (Å²) < 4.78 is 5.27. The highest BCUT2D eigenvalue weighted by Crippen LogP contribution is 2.29. The largest absolute Gasteiger partial charge is 0.497 e. The summed E-state index contributed by atoms with van der Waals surface area (Å²) in [6.07, 6.45) is 9.19. The minimum atomic E-state index is -1.16. The van der Waals surface area contributed by atoms with Gasteiger partial charge in [-0.1, -0.05) is 58.1 Å². The lowest BCUT2D eigenvalue weighted by Gasteiger charge is -2.34. The fraction of sp³-hybridized carbons (Fsp3) is 0.657. The third-order valence-electron chi connectivity index (χ3n) is 9.37. The first-order valence-corrected chi connectivity index (χ1v) is 17.2. The van der Waals surface area contributed by atoms with Crippen LogP contribution in [0.5, 0.6) is 5.75 Å². The van der Waals surface area contributed by atoms with Gasteiger partial charge in [0.05, 0.1) is 37.3 Å². The van der Waals surface area contributed by atoms with E-state index in [4.69, 9.17) is 4.74 Å². The summed E-state index contributed by atoms with van der Waals surface area (Å²) in [6.45, 7) is 4.69. The molecule has 3 amide bonds. The molecule has 1 aromatic heterocycles. The standard InChI is InChI=1S/C35H54N6O6/c1-22(2)16-31(42)32(43)28(17-23-8-5-4-6-9-23)39-35(46)30(19-25-20-36-21-38-25)41-34(45)29(40-33(44)27-10-7-15-37-27)18-24-11-13-26(47-3)14-12-24/h11-14,20-23,27-32,37,42-43H,4-10,15-19H2,1-3H3,(H,36,38)(H,39,46)(H,40,44)(H,41,45)/t27-,28-,29?,30-,31-,32+/m0/s1. The molecular formula is C35H54N6O6. The maximum Gasteiger partial charge on any atom is 0.243 e. The lowest BCUT2D eigenvalue weighted by Crippen LogP contribution is -2.59. The number of methoxy groups -OCH3 is 1. The smallest absolute Gasteiger partial charge is 0.243 e. The van der Waals surface area contributed by atoms with Crippen molar-refractivity contribution in [2.24, 2.45) is 11.8 Å². The van der Waals surface area contributed by atoms with E-state index < -0.39 is 42.1 Å². The van der Waals surface area contributed by atoms with Gasteiger partial charge in [-0.25, -0.2) is 4.98 Å². The molecule has 260 valence electrons. The van der Waals surface area contributed by atoms with Crippen molar-refractivity contribution in [1.82, 2.24) is 31.2 Å². The van der Waals surface area contributed by atoms with Crippen LogP contribution in [0.1, 0.15) is 82.9 Å². The number of hydrogen-bond donors (Lipinski definition) is 7. The predicted octanol–water partition coefficient (Wildman–Crippen LogP) is 2.15. The van der Waals surface area contributed by atoms with E-state index >= 15 is 0 Å². The summed E-state index contributed by atoms with van der Waals surface area (Å²) in [6, 6.07) is 4.19. The fourth-order valence-electron chi connectivity index (χ4n) is 6.72. The number of imidazole rings is 1. The molecule has 0 spiro atoms. The summed E-state index contributed by atoms with van der Waals surface area (Å²) >= 11 is 0. The zero-order valence-electron chi connectivity index (χ0n) is 28.0. The molecule has 1 aliphatic heterocycles. The first-order valence-electron chi connectivity index (χ1n) is 17.2. The molecule has 7 N–H and O–H groups in total. The van der Waals surface area contributed by atoms with E-state index in [9.17, 15) is 24.6 Å². The molecule has 2 fully saturated rings. The number of nitrogens with zero attached hydrogens (tertiary/aromatic N) is 1. The monoisotopic (exact) mass is 654 g/mol. The van der Waals surface area contributed by atoms with E-state index in [0.29, 0.717) is 36.6 Å². The summed E-state index contributed by atoms with van der Waals surface area (Å²) in [5.74, 6) is -0.0956. The number of aliphatic hydroxyl groups is 2. The minimum absolute atomic E-state index is 0.0925. The molecule has 2 aromatic rings. The van der Waals surface area contributed by atoms with E-state index in [0.717, 1.165) is 44.2 Å². The third kappa shape index (κ3) is 11.3.